The Kier molecular flexibility index (Phi) is 5.71. The van der Waals surface area contributed by atoms with Crippen molar-refractivity contribution in [3.63, 3.8) is 0 Å². The highest BCUT2D eigenvalue weighted by molar-refractivity contribution is 6.03. The summed E-state index contributed by atoms with van der Waals surface area (Å²) < 4.78 is 10.2. The molecule has 0 spiro atoms. The lowest BCUT2D eigenvalue weighted by Crippen LogP contribution is -2.43. The number of ether oxygens (including phenoxy) is 2. The van der Waals surface area contributed by atoms with E-state index in [1.165, 1.54) is 14.2 Å². The molecule has 3 aromatic rings. The predicted molar refractivity (Wildman–Crippen MR) is 104 cm³/mol. The third-order valence-electron chi connectivity index (χ3n) is 4.39. The number of hydrogen-bond donors (Lipinski definition) is 1. The average molecular weight is 363 g/mol. The van der Waals surface area contributed by atoms with Gasteiger partial charge in [-0.15, -0.1) is 0 Å². The van der Waals surface area contributed by atoms with Gasteiger partial charge >= 0.3 is 5.97 Å². The van der Waals surface area contributed by atoms with Gasteiger partial charge in [-0.3, -0.25) is 4.79 Å². The van der Waals surface area contributed by atoms with Gasteiger partial charge in [-0.2, -0.15) is 0 Å². The first-order valence-electron chi connectivity index (χ1n) is 8.61. The number of hydrogen-bond acceptors (Lipinski definition) is 4. The van der Waals surface area contributed by atoms with Gasteiger partial charge in [0.25, 0.3) is 5.91 Å². The van der Waals surface area contributed by atoms with Gasteiger partial charge in [0, 0.05) is 6.42 Å². The molecule has 1 unspecified atom stereocenters. The Morgan fingerprint density at radius 3 is 2.19 bits per heavy atom. The lowest BCUT2D eigenvalue weighted by Gasteiger charge is -2.18. The van der Waals surface area contributed by atoms with Crippen molar-refractivity contribution in [1.82, 2.24) is 5.32 Å². The zero-order chi connectivity index (χ0) is 19.2. The first kappa shape index (κ1) is 18.5. The second kappa shape index (κ2) is 8.36. The largest absolute Gasteiger partial charge is 0.496 e. The van der Waals surface area contributed by atoms with Crippen LogP contribution < -0.4 is 10.1 Å². The maximum absolute atomic E-state index is 12.9. The van der Waals surface area contributed by atoms with Crippen LogP contribution in [0, 0.1) is 0 Å². The molecule has 0 aliphatic heterocycles. The van der Waals surface area contributed by atoms with Gasteiger partial charge in [-0.25, -0.2) is 4.79 Å². The standard InChI is InChI=1S/C22H21NO4/c1-26-20-14-17-11-7-6-10-16(17)13-18(20)21(24)23-19(22(25)27-2)12-15-8-4-3-5-9-15/h3-11,13-14,19H,12H2,1-2H3,(H,23,24). The summed E-state index contributed by atoms with van der Waals surface area (Å²) >= 11 is 0. The highest BCUT2D eigenvalue weighted by Crippen LogP contribution is 2.26. The van der Waals surface area contributed by atoms with Gasteiger partial charge in [-0.05, 0) is 28.5 Å². The minimum atomic E-state index is -0.791. The highest BCUT2D eigenvalue weighted by atomic mass is 16.5. The summed E-state index contributed by atoms with van der Waals surface area (Å²) in [5.41, 5.74) is 1.30. The molecule has 0 bridgehead atoms. The summed E-state index contributed by atoms with van der Waals surface area (Å²) in [6.07, 6.45) is 0.342. The summed E-state index contributed by atoms with van der Waals surface area (Å²) in [6, 6.07) is 20.0. The maximum atomic E-state index is 12.9. The Bertz CT molecular complexity index is 953. The number of methoxy groups -OCH3 is 2. The van der Waals surface area contributed by atoms with E-state index < -0.39 is 12.0 Å². The molecule has 0 aromatic heterocycles. The van der Waals surface area contributed by atoms with E-state index in [0.29, 0.717) is 17.7 Å². The van der Waals surface area contributed by atoms with E-state index in [4.69, 9.17) is 9.47 Å². The Labute approximate surface area is 157 Å². The van der Waals surface area contributed by atoms with E-state index in [-0.39, 0.29) is 5.91 Å². The summed E-state index contributed by atoms with van der Waals surface area (Å²) in [4.78, 5) is 25.1. The molecule has 27 heavy (non-hydrogen) atoms. The fraction of sp³-hybridized carbons (Fsp3) is 0.182. The van der Waals surface area contributed by atoms with E-state index in [1.54, 1.807) is 6.07 Å². The fourth-order valence-corrected chi connectivity index (χ4v) is 2.99. The van der Waals surface area contributed by atoms with Gasteiger partial charge in [0.2, 0.25) is 0 Å². The van der Waals surface area contributed by atoms with Crippen molar-refractivity contribution in [3.8, 4) is 5.75 Å². The minimum Gasteiger partial charge on any atom is -0.496 e. The van der Waals surface area contributed by atoms with Crippen molar-refractivity contribution in [1.29, 1.82) is 0 Å². The van der Waals surface area contributed by atoms with E-state index in [2.05, 4.69) is 5.32 Å². The van der Waals surface area contributed by atoms with E-state index in [1.807, 2.05) is 60.7 Å². The van der Waals surface area contributed by atoms with Crippen LogP contribution in [0.5, 0.6) is 5.75 Å². The maximum Gasteiger partial charge on any atom is 0.328 e. The molecule has 5 heteroatoms. The number of carbonyl (C=O) groups is 2. The van der Waals surface area contributed by atoms with Crippen LogP contribution in [-0.2, 0) is 16.0 Å². The van der Waals surface area contributed by atoms with Crippen molar-refractivity contribution in [2.75, 3.05) is 14.2 Å². The average Bonchev–Trinajstić information content (AvgIpc) is 2.72. The SMILES string of the molecule is COC(=O)C(Cc1ccccc1)NC(=O)c1cc2ccccc2cc1OC. The second-order valence-corrected chi connectivity index (χ2v) is 6.14. The molecule has 5 nitrogen and oxygen atoms in total. The molecule has 1 N–H and O–H groups in total. The first-order valence-corrected chi connectivity index (χ1v) is 8.61. The Morgan fingerprint density at radius 2 is 1.56 bits per heavy atom. The lowest BCUT2D eigenvalue weighted by molar-refractivity contribution is -0.142. The van der Waals surface area contributed by atoms with E-state index in [9.17, 15) is 9.59 Å². The van der Waals surface area contributed by atoms with Gasteiger partial charge < -0.3 is 14.8 Å². The molecular formula is C22H21NO4. The number of nitrogens with one attached hydrogen (secondary N) is 1. The van der Waals surface area contributed by atoms with Crippen LogP contribution in [0.2, 0.25) is 0 Å². The van der Waals surface area contributed by atoms with Gasteiger partial charge in [-0.1, -0.05) is 54.6 Å². The smallest absolute Gasteiger partial charge is 0.328 e. The zero-order valence-corrected chi connectivity index (χ0v) is 15.3. The highest BCUT2D eigenvalue weighted by Gasteiger charge is 2.24. The van der Waals surface area contributed by atoms with Crippen LogP contribution >= 0.6 is 0 Å². The molecule has 138 valence electrons. The van der Waals surface area contributed by atoms with Gasteiger partial charge in [0.05, 0.1) is 19.8 Å². The topological polar surface area (TPSA) is 64.6 Å². The number of fused-ring (bicyclic) bond motifs is 1. The number of carbonyl (C=O) groups excluding carboxylic acids is 2. The Hall–Kier alpha value is -3.34. The Morgan fingerprint density at radius 1 is 0.926 bits per heavy atom. The van der Waals surface area contributed by atoms with Crippen LogP contribution in [0.4, 0.5) is 0 Å². The molecule has 0 aliphatic carbocycles. The summed E-state index contributed by atoms with van der Waals surface area (Å²) in [7, 11) is 2.83. The molecule has 1 amide bonds. The summed E-state index contributed by atoms with van der Waals surface area (Å²) in [6.45, 7) is 0. The van der Waals surface area contributed by atoms with Crippen LogP contribution in [-0.4, -0.2) is 32.1 Å². The van der Waals surface area contributed by atoms with Crippen LogP contribution in [0.25, 0.3) is 10.8 Å². The second-order valence-electron chi connectivity index (χ2n) is 6.14. The molecule has 3 rings (SSSR count). The lowest BCUT2D eigenvalue weighted by atomic mass is 10.0. The third-order valence-corrected chi connectivity index (χ3v) is 4.39. The molecule has 0 aliphatic rings. The van der Waals surface area contributed by atoms with Crippen molar-refractivity contribution in [2.45, 2.75) is 12.5 Å². The van der Waals surface area contributed by atoms with Crippen LogP contribution in [0.1, 0.15) is 15.9 Å². The molecule has 0 heterocycles. The first-order chi connectivity index (χ1) is 13.1. The minimum absolute atomic E-state index is 0.342. The van der Waals surface area contributed by atoms with Crippen LogP contribution in [0.3, 0.4) is 0 Å². The number of esters is 1. The van der Waals surface area contributed by atoms with E-state index >= 15 is 0 Å². The van der Waals surface area contributed by atoms with E-state index in [0.717, 1.165) is 16.3 Å². The third kappa shape index (κ3) is 4.26. The van der Waals surface area contributed by atoms with Crippen molar-refractivity contribution in [3.05, 3.63) is 77.9 Å². The predicted octanol–water partition coefficient (Wildman–Crippen LogP) is 3.36. The zero-order valence-electron chi connectivity index (χ0n) is 15.3. The normalized spacial score (nSPS) is 11.6. The number of benzene rings is 3. The molecule has 0 saturated carbocycles. The molecule has 1 atom stereocenters. The fourth-order valence-electron chi connectivity index (χ4n) is 2.99. The molecule has 0 radical (unpaired) electrons. The molecular weight excluding hydrogens is 342 g/mol. The molecule has 0 fully saturated rings. The van der Waals surface area contributed by atoms with Crippen molar-refractivity contribution >= 4 is 22.6 Å². The summed E-state index contributed by atoms with van der Waals surface area (Å²) in [5, 5.41) is 4.67. The molecule has 3 aromatic carbocycles. The monoisotopic (exact) mass is 363 g/mol. The van der Waals surface area contributed by atoms with Crippen LogP contribution in [0.15, 0.2) is 66.7 Å². The van der Waals surface area contributed by atoms with Crippen molar-refractivity contribution in [2.24, 2.45) is 0 Å². The van der Waals surface area contributed by atoms with Crippen molar-refractivity contribution < 1.29 is 19.1 Å². The Balaban J connectivity index is 1.88. The summed E-state index contributed by atoms with van der Waals surface area (Å²) in [5.74, 6) is -0.426. The number of amides is 1. The number of rotatable bonds is 6. The quantitative estimate of drug-likeness (QED) is 0.682. The van der Waals surface area contributed by atoms with Gasteiger partial charge in [0.15, 0.2) is 0 Å². The van der Waals surface area contributed by atoms with Gasteiger partial charge in [0.1, 0.15) is 11.8 Å². The molecule has 0 saturated heterocycles.